The number of hydrogen-bond donors (Lipinski definition) is 1. The third-order valence-corrected chi connectivity index (χ3v) is 6.51. The van der Waals surface area contributed by atoms with Crippen molar-refractivity contribution in [2.24, 2.45) is 0 Å². The minimum Gasteiger partial charge on any atom is -0.492 e. The van der Waals surface area contributed by atoms with E-state index in [0.717, 1.165) is 30.2 Å². The molecule has 0 aliphatic rings. The van der Waals surface area contributed by atoms with Gasteiger partial charge in [0.05, 0.1) is 24.9 Å². The van der Waals surface area contributed by atoms with Gasteiger partial charge in [-0.25, -0.2) is 0 Å². The van der Waals surface area contributed by atoms with Crippen LogP contribution in [0.5, 0.6) is 5.75 Å². The minimum absolute atomic E-state index is 0.448. The Morgan fingerprint density at radius 3 is 2.47 bits per heavy atom. The van der Waals surface area contributed by atoms with Crippen molar-refractivity contribution in [3.63, 3.8) is 0 Å². The summed E-state index contributed by atoms with van der Waals surface area (Å²) in [4.78, 5) is 2.16. The van der Waals surface area contributed by atoms with E-state index < -0.39 is 6.10 Å². The van der Waals surface area contributed by atoms with Gasteiger partial charge >= 0.3 is 0 Å². The molecule has 2 aromatic carbocycles. The van der Waals surface area contributed by atoms with E-state index in [9.17, 15) is 5.11 Å². The predicted octanol–water partition coefficient (Wildman–Crippen LogP) is 4.64. The lowest BCUT2D eigenvalue weighted by Crippen LogP contribution is -2.32. The molecule has 180 valence electrons. The molecule has 0 unspecified atom stereocenters. The Kier molecular flexibility index (Phi) is 7.39. The maximum Gasteiger partial charge on any atom is 0.119 e. The van der Waals surface area contributed by atoms with Crippen LogP contribution in [0.3, 0.4) is 0 Å². The maximum atomic E-state index is 10.8. The summed E-state index contributed by atoms with van der Waals surface area (Å²) >= 11 is 0. The van der Waals surface area contributed by atoms with Gasteiger partial charge in [-0.1, -0.05) is 30.3 Å². The number of aliphatic hydroxyl groups excluding tert-OH is 1. The smallest absolute Gasteiger partial charge is 0.119 e. The number of likely N-dealkylation sites (N-methyl/N-ethyl adjacent to an activating group) is 1. The van der Waals surface area contributed by atoms with Crippen LogP contribution in [0, 0.1) is 27.7 Å². The average molecular weight is 461 g/mol. The number of ether oxygens (including phenoxy) is 1. The molecule has 4 aromatic rings. The zero-order chi connectivity index (χ0) is 24.2. The maximum absolute atomic E-state index is 10.8. The zero-order valence-corrected chi connectivity index (χ0v) is 21.0. The predicted molar refractivity (Wildman–Crippen MR) is 137 cm³/mol. The molecule has 1 atom stereocenters. The van der Waals surface area contributed by atoms with Gasteiger partial charge < -0.3 is 14.4 Å². The van der Waals surface area contributed by atoms with E-state index >= 15 is 0 Å². The number of nitrogens with zero attached hydrogens (tertiary/aromatic N) is 4. The van der Waals surface area contributed by atoms with Crippen LogP contribution < -0.4 is 4.74 Å². The molecule has 34 heavy (non-hydrogen) atoms. The summed E-state index contributed by atoms with van der Waals surface area (Å²) < 4.78 is 10.1. The molecule has 2 heterocycles. The van der Waals surface area contributed by atoms with Crippen LogP contribution in [0.4, 0.5) is 0 Å². The molecule has 0 aliphatic carbocycles. The van der Waals surface area contributed by atoms with Gasteiger partial charge in [0.25, 0.3) is 0 Å². The van der Waals surface area contributed by atoms with Crippen LogP contribution in [0.1, 0.15) is 28.2 Å². The summed E-state index contributed by atoms with van der Waals surface area (Å²) in [5.74, 6) is 0.860. The molecule has 1 N–H and O–H groups in total. The van der Waals surface area contributed by atoms with Gasteiger partial charge in [-0.3, -0.25) is 9.58 Å². The number of fused-ring (bicyclic) bond motifs is 1. The van der Waals surface area contributed by atoms with Gasteiger partial charge in [0, 0.05) is 35.4 Å². The molecule has 4 rings (SSSR count). The Hall–Kier alpha value is -3.09. The van der Waals surface area contributed by atoms with Crippen LogP contribution in [0.25, 0.3) is 10.9 Å². The van der Waals surface area contributed by atoms with E-state index in [-0.39, 0.29) is 0 Å². The first-order chi connectivity index (χ1) is 16.3. The zero-order valence-electron chi connectivity index (χ0n) is 21.0. The number of para-hydroxylation sites is 1. The normalized spacial score (nSPS) is 12.6. The van der Waals surface area contributed by atoms with Crippen LogP contribution in [-0.4, -0.2) is 50.7 Å². The molecule has 0 aliphatic heterocycles. The van der Waals surface area contributed by atoms with Crippen molar-refractivity contribution in [1.82, 2.24) is 19.2 Å². The van der Waals surface area contributed by atoms with E-state index in [4.69, 9.17) is 4.74 Å². The first-order valence-electron chi connectivity index (χ1n) is 12.0. The lowest BCUT2D eigenvalue weighted by molar-refractivity contribution is 0.108. The Morgan fingerprint density at radius 1 is 1.03 bits per heavy atom. The van der Waals surface area contributed by atoms with Gasteiger partial charge in [0.2, 0.25) is 0 Å². The van der Waals surface area contributed by atoms with Crippen molar-refractivity contribution in [1.29, 1.82) is 0 Å². The molecule has 2 aromatic heterocycles. The van der Waals surface area contributed by atoms with Gasteiger partial charge in [0.1, 0.15) is 12.4 Å². The van der Waals surface area contributed by atoms with E-state index in [1.54, 1.807) is 0 Å². The first kappa shape index (κ1) is 24.0. The lowest BCUT2D eigenvalue weighted by atomic mass is 10.2. The van der Waals surface area contributed by atoms with Gasteiger partial charge in [-0.05, 0) is 70.1 Å². The summed E-state index contributed by atoms with van der Waals surface area (Å²) in [6.07, 6.45) is -0.448. The fraction of sp³-hybridized carbons (Fsp3) is 0.393. The van der Waals surface area contributed by atoms with Gasteiger partial charge in [0.15, 0.2) is 0 Å². The molecule has 0 bridgehead atoms. The summed E-state index contributed by atoms with van der Waals surface area (Å²) in [5.41, 5.74) is 7.07. The van der Waals surface area contributed by atoms with Crippen LogP contribution >= 0.6 is 0 Å². The monoisotopic (exact) mass is 460 g/mol. The van der Waals surface area contributed by atoms with Crippen LogP contribution in [0.2, 0.25) is 0 Å². The SMILES string of the molecule is Cc1cc(C)n(CCOc2ccc(CN(C)C[C@H](O)Cn3c(C)c(C)c4ccccc43)cc2)n1. The number of hydrogen-bond acceptors (Lipinski definition) is 4. The Labute approximate surface area is 202 Å². The summed E-state index contributed by atoms with van der Waals surface area (Å²) in [5, 5.41) is 16.5. The topological polar surface area (TPSA) is 55.4 Å². The van der Waals surface area contributed by atoms with E-state index in [2.05, 4.69) is 77.8 Å². The average Bonchev–Trinajstić information content (AvgIpc) is 3.25. The summed E-state index contributed by atoms with van der Waals surface area (Å²) in [6.45, 7) is 11.6. The Balaban J connectivity index is 1.27. The third kappa shape index (κ3) is 5.51. The lowest BCUT2D eigenvalue weighted by Gasteiger charge is -2.22. The number of benzene rings is 2. The van der Waals surface area contributed by atoms with Gasteiger partial charge in [-0.15, -0.1) is 0 Å². The number of aliphatic hydroxyl groups is 1. The molecule has 6 heteroatoms. The van der Waals surface area contributed by atoms with Crippen LogP contribution in [-0.2, 0) is 19.6 Å². The highest BCUT2D eigenvalue weighted by atomic mass is 16.5. The van der Waals surface area contributed by atoms with Crippen molar-refractivity contribution >= 4 is 10.9 Å². The molecule has 0 saturated heterocycles. The Bertz CT molecular complexity index is 1240. The fourth-order valence-electron chi connectivity index (χ4n) is 4.69. The minimum atomic E-state index is -0.448. The second kappa shape index (κ2) is 10.5. The molecule has 0 saturated carbocycles. The second-order valence-electron chi connectivity index (χ2n) is 9.33. The molecular formula is C28H36N4O2. The molecule has 0 amide bonds. The highest BCUT2D eigenvalue weighted by molar-refractivity contribution is 5.85. The third-order valence-electron chi connectivity index (χ3n) is 6.51. The van der Waals surface area contributed by atoms with Gasteiger partial charge in [-0.2, -0.15) is 5.10 Å². The van der Waals surface area contributed by atoms with Crippen molar-refractivity contribution in [2.45, 2.75) is 53.4 Å². The number of rotatable bonds is 10. The highest BCUT2D eigenvalue weighted by Crippen LogP contribution is 2.25. The van der Waals surface area contributed by atoms with Crippen LogP contribution in [0.15, 0.2) is 54.6 Å². The summed E-state index contributed by atoms with van der Waals surface area (Å²) in [6, 6.07) is 18.7. The standard InChI is InChI=1S/C28H36N4O2/c1-20-16-21(2)32(29-20)14-15-34-26-12-10-24(11-13-26)17-30(5)18-25(33)19-31-23(4)22(3)27-8-6-7-9-28(27)31/h6-13,16,25,33H,14-15,17-19H2,1-5H3/t25-/m0/s1. The molecular weight excluding hydrogens is 424 g/mol. The molecule has 6 nitrogen and oxygen atoms in total. The number of aryl methyl sites for hydroxylation is 3. The summed E-state index contributed by atoms with van der Waals surface area (Å²) in [7, 11) is 2.05. The molecule has 0 radical (unpaired) electrons. The van der Waals surface area contributed by atoms with E-state index in [0.29, 0.717) is 19.7 Å². The first-order valence-corrected chi connectivity index (χ1v) is 12.0. The van der Waals surface area contributed by atoms with Crippen molar-refractivity contribution in [2.75, 3.05) is 20.2 Å². The van der Waals surface area contributed by atoms with Crippen molar-refractivity contribution in [3.05, 3.63) is 82.8 Å². The fourth-order valence-corrected chi connectivity index (χ4v) is 4.69. The largest absolute Gasteiger partial charge is 0.492 e. The van der Waals surface area contributed by atoms with Crippen molar-refractivity contribution < 1.29 is 9.84 Å². The second-order valence-corrected chi connectivity index (χ2v) is 9.33. The Morgan fingerprint density at radius 2 is 1.76 bits per heavy atom. The molecule has 0 spiro atoms. The number of aromatic nitrogens is 3. The van der Waals surface area contributed by atoms with E-state index in [1.807, 2.05) is 30.8 Å². The highest BCUT2D eigenvalue weighted by Gasteiger charge is 2.15. The quantitative estimate of drug-likeness (QED) is 0.375. The van der Waals surface area contributed by atoms with E-state index in [1.165, 1.54) is 27.7 Å². The molecule has 0 fully saturated rings. The van der Waals surface area contributed by atoms with Crippen molar-refractivity contribution in [3.8, 4) is 5.75 Å².